The lowest BCUT2D eigenvalue weighted by molar-refractivity contribution is 0.0491. The Labute approximate surface area is 112 Å². The third kappa shape index (κ3) is 2.46. The predicted molar refractivity (Wildman–Crippen MR) is 71.4 cm³/mol. The van der Waals surface area contributed by atoms with Crippen LogP contribution in [0.1, 0.15) is 0 Å². The van der Waals surface area contributed by atoms with Crippen molar-refractivity contribution in [1.29, 1.82) is 0 Å². The van der Waals surface area contributed by atoms with Gasteiger partial charge in [0.1, 0.15) is 6.10 Å². The van der Waals surface area contributed by atoms with Crippen LogP contribution in [-0.2, 0) is 0 Å². The van der Waals surface area contributed by atoms with Gasteiger partial charge >= 0.3 is 6.03 Å². The number of thiophene rings is 1. The molecule has 18 heavy (non-hydrogen) atoms. The Balaban J connectivity index is 1.45. The molecule has 3 rings (SSSR count). The van der Waals surface area contributed by atoms with E-state index < -0.39 is 0 Å². The second-order valence-electron chi connectivity index (χ2n) is 3.85. The van der Waals surface area contributed by atoms with Gasteiger partial charge in [0, 0.05) is 11.6 Å². The molecule has 0 unspecified atom stereocenters. The van der Waals surface area contributed by atoms with E-state index >= 15 is 0 Å². The van der Waals surface area contributed by atoms with Gasteiger partial charge in [-0.25, -0.2) is 9.78 Å². The number of carbonyl (C=O) groups is 1. The van der Waals surface area contributed by atoms with Gasteiger partial charge in [-0.3, -0.25) is 5.32 Å². The molecule has 0 aliphatic carbocycles. The number of thiazole rings is 1. The van der Waals surface area contributed by atoms with Gasteiger partial charge in [0.2, 0.25) is 0 Å². The summed E-state index contributed by atoms with van der Waals surface area (Å²) < 4.78 is 5.59. The van der Waals surface area contributed by atoms with Gasteiger partial charge < -0.3 is 9.64 Å². The molecule has 0 bridgehead atoms. The first kappa shape index (κ1) is 11.5. The lowest BCUT2D eigenvalue weighted by Gasteiger charge is -2.37. The van der Waals surface area contributed by atoms with E-state index in [1.165, 1.54) is 22.7 Å². The number of rotatable bonds is 3. The maximum atomic E-state index is 11.8. The molecule has 1 saturated heterocycles. The van der Waals surface area contributed by atoms with Crippen LogP contribution in [0.15, 0.2) is 29.1 Å². The number of amides is 2. The number of nitrogens with zero attached hydrogens (tertiary/aromatic N) is 2. The van der Waals surface area contributed by atoms with Gasteiger partial charge in [0.25, 0.3) is 5.19 Å². The minimum atomic E-state index is -0.0727. The highest BCUT2D eigenvalue weighted by Crippen LogP contribution is 2.21. The maximum absolute atomic E-state index is 11.8. The minimum absolute atomic E-state index is 0.0604. The van der Waals surface area contributed by atoms with Crippen LogP contribution in [0.3, 0.4) is 0 Å². The first-order valence-electron chi connectivity index (χ1n) is 5.47. The van der Waals surface area contributed by atoms with Gasteiger partial charge in [-0.1, -0.05) is 11.3 Å². The Morgan fingerprint density at radius 1 is 1.44 bits per heavy atom. The van der Waals surface area contributed by atoms with E-state index in [1.54, 1.807) is 11.1 Å². The van der Waals surface area contributed by atoms with Crippen molar-refractivity contribution in [2.24, 2.45) is 0 Å². The number of nitrogens with one attached hydrogen (secondary N) is 1. The van der Waals surface area contributed by atoms with Gasteiger partial charge in [-0.05, 0) is 17.5 Å². The topological polar surface area (TPSA) is 54.5 Å². The van der Waals surface area contributed by atoms with Crippen LogP contribution in [0.2, 0.25) is 0 Å². The summed E-state index contributed by atoms with van der Waals surface area (Å²) in [6.45, 7) is 1.22. The molecule has 1 aliphatic rings. The van der Waals surface area contributed by atoms with Crippen LogP contribution in [-0.4, -0.2) is 35.1 Å². The number of hydrogen-bond acceptors (Lipinski definition) is 5. The second kappa shape index (κ2) is 4.95. The molecule has 0 atom stereocenters. The molecule has 1 aliphatic heterocycles. The molecule has 94 valence electrons. The van der Waals surface area contributed by atoms with Crippen molar-refractivity contribution in [2.45, 2.75) is 6.10 Å². The summed E-state index contributed by atoms with van der Waals surface area (Å²) in [7, 11) is 0. The quantitative estimate of drug-likeness (QED) is 0.940. The largest absolute Gasteiger partial charge is 0.463 e. The number of aromatic nitrogens is 1. The molecule has 2 amide bonds. The van der Waals surface area contributed by atoms with E-state index in [0.29, 0.717) is 18.3 Å². The van der Waals surface area contributed by atoms with E-state index in [1.807, 2.05) is 22.9 Å². The summed E-state index contributed by atoms with van der Waals surface area (Å²) in [6, 6.07) is 3.72. The van der Waals surface area contributed by atoms with Gasteiger partial charge in [0.05, 0.1) is 18.1 Å². The van der Waals surface area contributed by atoms with Crippen LogP contribution in [0.5, 0.6) is 5.19 Å². The van der Waals surface area contributed by atoms with Crippen molar-refractivity contribution in [2.75, 3.05) is 18.4 Å². The third-order valence-electron chi connectivity index (χ3n) is 2.56. The van der Waals surface area contributed by atoms with E-state index in [-0.39, 0.29) is 12.1 Å². The monoisotopic (exact) mass is 281 g/mol. The average molecular weight is 281 g/mol. The first-order valence-corrected chi connectivity index (χ1v) is 7.23. The Hall–Kier alpha value is -1.60. The van der Waals surface area contributed by atoms with Crippen LogP contribution in [0.25, 0.3) is 0 Å². The smallest absolute Gasteiger partial charge is 0.322 e. The highest BCUT2D eigenvalue weighted by atomic mass is 32.1. The highest BCUT2D eigenvalue weighted by molar-refractivity contribution is 7.14. The fourth-order valence-electron chi connectivity index (χ4n) is 1.62. The molecule has 3 heterocycles. The summed E-state index contributed by atoms with van der Waals surface area (Å²) >= 11 is 2.97. The predicted octanol–water partition coefficient (Wildman–Crippen LogP) is 2.50. The molecule has 2 aromatic rings. The van der Waals surface area contributed by atoms with Gasteiger partial charge in [-0.2, -0.15) is 0 Å². The summed E-state index contributed by atoms with van der Waals surface area (Å²) in [5.41, 5.74) is 0. The SMILES string of the molecule is O=C(Nc1cccs1)N1CC(Oc2nccs2)C1. The van der Waals surface area contributed by atoms with Crippen molar-refractivity contribution < 1.29 is 9.53 Å². The van der Waals surface area contributed by atoms with Crippen LogP contribution in [0.4, 0.5) is 9.80 Å². The average Bonchev–Trinajstić information content (AvgIpc) is 2.94. The Morgan fingerprint density at radius 3 is 3.00 bits per heavy atom. The lowest BCUT2D eigenvalue weighted by atomic mass is 10.2. The molecule has 0 spiro atoms. The highest BCUT2D eigenvalue weighted by Gasteiger charge is 2.32. The van der Waals surface area contributed by atoms with Crippen molar-refractivity contribution in [3.63, 3.8) is 0 Å². The van der Waals surface area contributed by atoms with E-state index in [2.05, 4.69) is 10.3 Å². The zero-order valence-electron chi connectivity index (χ0n) is 9.41. The molecule has 0 radical (unpaired) electrons. The fourth-order valence-corrected chi connectivity index (χ4v) is 2.78. The summed E-state index contributed by atoms with van der Waals surface area (Å²) in [6.07, 6.45) is 1.77. The number of ether oxygens (including phenoxy) is 1. The molecule has 1 fully saturated rings. The van der Waals surface area contributed by atoms with Crippen LogP contribution in [0, 0.1) is 0 Å². The Kier molecular flexibility index (Phi) is 3.16. The first-order chi connectivity index (χ1) is 8.81. The number of hydrogen-bond donors (Lipinski definition) is 1. The molecule has 7 heteroatoms. The summed E-state index contributed by atoms with van der Waals surface area (Å²) in [5.74, 6) is 0. The molecular formula is C11H11N3O2S2. The molecular weight excluding hydrogens is 270 g/mol. The zero-order valence-corrected chi connectivity index (χ0v) is 11.0. The fraction of sp³-hybridized carbons (Fsp3) is 0.273. The third-order valence-corrected chi connectivity index (χ3v) is 4.01. The number of carbonyl (C=O) groups excluding carboxylic acids is 1. The van der Waals surface area contributed by atoms with E-state index in [4.69, 9.17) is 4.74 Å². The van der Waals surface area contributed by atoms with Crippen LogP contribution < -0.4 is 10.1 Å². The van der Waals surface area contributed by atoms with Crippen LogP contribution >= 0.6 is 22.7 Å². The van der Waals surface area contributed by atoms with Crippen molar-refractivity contribution in [1.82, 2.24) is 9.88 Å². The van der Waals surface area contributed by atoms with Gasteiger partial charge in [0.15, 0.2) is 0 Å². The van der Waals surface area contributed by atoms with Crippen molar-refractivity contribution in [3.05, 3.63) is 29.1 Å². The Morgan fingerprint density at radius 2 is 2.33 bits per heavy atom. The number of likely N-dealkylation sites (tertiary alicyclic amines) is 1. The van der Waals surface area contributed by atoms with Crippen molar-refractivity contribution >= 4 is 33.7 Å². The lowest BCUT2D eigenvalue weighted by Crippen LogP contribution is -2.57. The molecule has 0 aromatic carbocycles. The van der Waals surface area contributed by atoms with E-state index in [0.717, 1.165) is 5.00 Å². The number of anilines is 1. The second-order valence-corrected chi connectivity index (χ2v) is 5.66. The normalized spacial score (nSPS) is 15.2. The summed E-state index contributed by atoms with van der Waals surface area (Å²) in [5, 5.41) is 8.17. The molecule has 5 nitrogen and oxygen atoms in total. The van der Waals surface area contributed by atoms with E-state index in [9.17, 15) is 4.79 Å². The molecule has 1 N–H and O–H groups in total. The minimum Gasteiger partial charge on any atom is -0.463 e. The Bertz CT molecular complexity index is 506. The summed E-state index contributed by atoms with van der Waals surface area (Å²) in [4.78, 5) is 17.6. The molecule has 2 aromatic heterocycles. The van der Waals surface area contributed by atoms with Crippen molar-refractivity contribution in [3.8, 4) is 5.19 Å². The van der Waals surface area contributed by atoms with Gasteiger partial charge in [-0.15, -0.1) is 11.3 Å². The maximum Gasteiger partial charge on any atom is 0.322 e. The zero-order chi connectivity index (χ0) is 12.4. The molecule has 0 saturated carbocycles. The standard InChI is InChI=1S/C11H11N3O2S2/c15-10(13-9-2-1-4-17-9)14-6-8(7-14)16-11-12-3-5-18-11/h1-5,8H,6-7H2,(H,13,15). The number of urea groups is 1.